The summed E-state index contributed by atoms with van der Waals surface area (Å²) in [5.74, 6) is 0.723. The molecule has 0 aliphatic carbocycles. The van der Waals surface area contributed by atoms with Crippen molar-refractivity contribution in [3.05, 3.63) is 36.3 Å². The summed E-state index contributed by atoms with van der Waals surface area (Å²) in [5, 5.41) is 10.6. The lowest BCUT2D eigenvalue weighted by molar-refractivity contribution is 0.198. The molecular formula is C13H15N3O. The molecule has 1 N–H and O–H groups in total. The van der Waals surface area contributed by atoms with Crippen LogP contribution in [0, 0.1) is 6.92 Å². The summed E-state index contributed by atoms with van der Waals surface area (Å²) in [4.78, 5) is 8.58. The van der Waals surface area contributed by atoms with E-state index >= 15 is 0 Å². The minimum Gasteiger partial charge on any atom is -0.428 e. The molecule has 0 saturated heterocycles. The monoisotopic (exact) mass is 229 g/mol. The average molecular weight is 229 g/mol. The minimum absolute atomic E-state index is 0.716. The van der Waals surface area contributed by atoms with Crippen LogP contribution in [-0.2, 0) is 0 Å². The predicted molar refractivity (Wildman–Crippen MR) is 67.4 cm³/mol. The van der Waals surface area contributed by atoms with E-state index in [1.807, 2.05) is 45.0 Å². The van der Waals surface area contributed by atoms with Crippen LogP contribution in [0.2, 0.25) is 0 Å². The topological polar surface area (TPSA) is 50.9 Å². The standard InChI is InChI=1S/C11H9N3O.C2H6/c1-7-12-9-6-14(15)10-5-3-2-4-8(10)11(9)13-7;1-2/h2-6,15H,1H3;1-2H3. The molecular weight excluding hydrogens is 214 g/mol. The lowest BCUT2D eigenvalue weighted by Crippen LogP contribution is -1.97. The van der Waals surface area contributed by atoms with Gasteiger partial charge in [-0.3, -0.25) is 0 Å². The molecule has 4 heteroatoms. The third kappa shape index (κ3) is 1.82. The van der Waals surface area contributed by atoms with Gasteiger partial charge in [0.15, 0.2) is 0 Å². The van der Waals surface area contributed by atoms with Crippen LogP contribution in [0.1, 0.15) is 19.7 Å². The van der Waals surface area contributed by atoms with Gasteiger partial charge in [-0.05, 0) is 13.0 Å². The zero-order valence-corrected chi connectivity index (χ0v) is 10.2. The van der Waals surface area contributed by atoms with E-state index in [1.165, 1.54) is 0 Å². The highest BCUT2D eigenvalue weighted by Gasteiger charge is 2.14. The fourth-order valence-electron chi connectivity index (χ4n) is 1.82. The van der Waals surface area contributed by atoms with Gasteiger partial charge < -0.3 is 5.21 Å². The largest absolute Gasteiger partial charge is 0.428 e. The van der Waals surface area contributed by atoms with Crippen molar-refractivity contribution < 1.29 is 5.21 Å². The molecule has 0 bridgehead atoms. The first-order chi connectivity index (χ1) is 8.25. The van der Waals surface area contributed by atoms with E-state index in [-0.39, 0.29) is 0 Å². The molecule has 3 rings (SSSR count). The van der Waals surface area contributed by atoms with Crippen molar-refractivity contribution in [1.29, 1.82) is 0 Å². The van der Waals surface area contributed by atoms with Gasteiger partial charge in [0.05, 0.1) is 11.7 Å². The van der Waals surface area contributed by atoms with Crippen LogP contribution in [0.25, 0.3) is 22.3 Å². The molecule has 0 amide bonds. The van der Waals surface area contributed by atoms with Crippen LogP contribution < -0.4 is 0 Å². The maximum atomic E-state index is 9.73. The number of para-hydroxylation sites is 1. The zero-order valence-electron chi connectivity index (χ0n) is 10.2. The van der Waals surface area contributed by atoms with Crippen molar-refractivity contribution in [1.82, 2.24) is 14.7 Å². The predicted octanol–water partition coefficient (Wildman–Crippen LogP) is 3.11. The normalized spacial score (nSPS) is 10.3. The van der Waals surface area contributed by atoms with Crippen LogP contribution in [0.3, 0.4) is 0 Å². The molecule has 1 aromatic rings. The third-order valence-electron chi connectivity index (χ3n) is 2.45. The molecule has 17 heavy (non-hydrogen) atoms. The maximum Gasteiger partial charge on any atom is 0.126 e. The Bertz CT molecular complexity index is 615. The van der Waals surface area contributed by atoms with Crippen LogP contribution in [0.5, 0.6) is 0 Å². The van der Waals surface area contributed by atoms with E-state index < -0.39 is 0 Å². The number of benzene rings is 1. The van der Waals surface area contributed by atoms with Gasteiger partial charge >= 0.3 is 0 Å². The van der Waals surface area contributed by atoms with Crippen molar-refractivity contribution in [3.8, 4) is 11.4 Å². The van der Waals surface area contributed by atoms with Gasteiger partial charge in [0.25, 0.3) is 0 Å². The number of hydrogen-bond acceptors (Lipinski definition) is 3. The summed E-state index contributed by atoms with van der Waals surface area (Å²) < 4.78 is 1.09. The highest BCUT2D eigenvalue weighted by Crippen LogP contribution is 2.27. The number of nitrogens with zero attached hydrogens (tertiary/aromatic N) is 3. The Labute approximate surface area is 99.9 Å². The highest BCUT2D eigenvalue weighted by atomic mass is 16.5. The number of fused-ring (bicyclic) bond motifs is 3. The molecule has 0 fully saturated rings. The first kappa shape index (κ1) is 11.4. The third-order valence-corrected chi connectivity index (χ3v) is 2.45. The van der Waals surface area contributed by atoms with E-state index in [1.54, 1.807) is 6.20 Å². The van der Waals surface area contributed by atoms with Crippen LogP contribution >= 0.6 is 0 Å². The van der Waals surface area contributed by atoms with Crippen LogP contribution in [-0.4, -0.2) is 19.9 Å². The molecule has 0 unspecified atom stereocenters. The Kier molecular flexibility index (Phi) is 2.95. The lowest BCUT2D eigenvalue weighted by Gasteiger charge is -2.06. The van der Waals surface area contributed by atoms with E-state index in [9.17, 15) is 5.21 Å². The van der Waals surface area contributed by atoms with Crippen molar-refractivity contribution in [2.45, 2.75) is 20.8 Å². The van der Waals surface area contributed by atoms with Gasteiger partial charge in [0.1, 0.15) is 17.2 Å². The molecule has 0 spiro atoms. The summed E-state index contributed by atoms with van der Waals surface area (Å²) in [6.07, 6.45) is 1.58. The fraction of sp³-hybridized carbons (Fsp3) is 0.231. The van der Waals surface area contributed by atoms with Crippen molar-refractivity contribution in [3.63, 3.8) is 0 Å². The molecule has 2 aliphatic rings. The van der Waals surface area contributed by atoms with Crippen molar-refractivity contribution in [2.75, 3.05) is 0 Å². The zero-order chi connectivity index (χ0) is 12.4. The molecule has 1 aromatic carbocycles. The number of imidazole rings is 1. The van der Waals surface area contributed by atoms with Crippen molar-refractivity contribution >= 4 is 10.9 Å². The Morgan fingerprint density at radius 1 is 1.12 bits per heavy atom. The van der Waals surface area contributed by atoms with Gasteiger partial charge in [0, 0.05) is 5.39 Å². The first-order valence-corrected chi connectivity index (χ1v) is 5.69. The second kappa shape index (κ2) is 4.41. The van der Waals surface area contributed by atoms with Gasteiger partial charge in [-0.15, -0.1) is 0 Å². The molecule has 88 valence electrons. The Morgan fingerprint density at radius 2 is 1.82 bits per heavy atom. The molecule has 0 radical (unpaired) electrons. The fourth-order valence-corrected chi connectivity index (χ4v) is 1.82. The lowest BCUT2D eigenvalue weighted by atomic mass is 10.1. The maximum absolute atomic E-state index is 9.73. The van der Waals surface area contributed by atoms with Gasteiger partial charge in [0.2, 0.25) is 0 Å². The molecule has 0 atom stereocenters. The number of hydrogen-bond donors (Lipinski definition) is 1. The minimum atomic E-state index is 0.716. The SMILES string of the molecule is CC.Cc1nc2cn(O)c3ccccc3c-2n1. The second-order valence-corrected chi connectivity index (χ2v) is 3.50. The quantitative estimate of drug-likeness (QED) is 0.602. The van der Waals surface area contributed by atoms with E-state index in [0.29, 0.717) is 5.69 Å². The van der Waals surface area contributed by atoms with E-state index in [4.69, 9.17) is 0 Å². The van der Waals surface area contributed by atoms with Gasteiger partial charge in [-0.2, -0.15) is 4.73 Å². The summed E-state index contributed by atoms with van der Waals surface area (Å²) in [6.45, 7) is 5.84. The number of rotatable bonds is 0. The smallest absolute Gasteiger partial charge is 0.126 e. The summed E-state index contributed by atoms with van der Waals surface area (Å²) >= 11 is 0. The number of aryl methyl sites for hydroxylation is 1. The average Bonchev–Trinajstić information content (AvgIpc) is 2.73. The first-order valence-electron chi connectivity index (χ1n) is 5.69. The molecule has 2 heterocycles. The Hall–Kier alpha value is -2.10. The number of pyridine rings is 1. The second-order valence-electron chi connectivity index (χ2n) is 3.50. The van der Waals surface area contributed by atoms with Crippen LogP contribution in [0.4, 0.5) is 0 Å². The van der Waals surface area contributed by atoms with Crippen molar-refractivity contribution in [2.24, 2.45) is 0 Å². The van der Waals surface area contributed by atoms with Crippen LogP contribution in [0.15, 0.2) is 30.5 Å². The summed E-state index contributed by atoms with van der Waals surface area (Å²) in [5.41, 5.74) is 2.30. The van der Waals surface area contributed by atoms with Gasteiger partial charge in [-0.25, -0.2) is 9.97 Å². The summed E-state index contributed by atoms with van der Waals surface area (Å²) in [6, 6.07) is 7.58. The Balaban J connectivity index is 0.000000514. The molecule has 0 aromatic heterocycles. The van der Waals surface area contributed by atoms with E-state index in [2.05, 4.69) is 9.97 Å². The van der Waals surface area contributed by atoms with E-state index in [0.717, 1.165) is 27.2 Å². The molecule has 2 aliphatic heterocycles. The molecule has 4 nitrogen and oxygen atoms in total. The Morgan fingerprint density at radius 3 is 2.59 bits per heavy atom. The molecule has 0 saturated carbocycles. The summed E-state index contributed by atoms with van der Waals surface area (Å²) in [7, 11) is 0. The number of aromatic nitrogens is 3. The van der Waals surface area contributed by atoms with Gasteiger partial charge in [-0.1, -0.05) is 32.0 Å². The highest BCUT2D eigenvalue weighted by molar-refractivity contribution is 5.92.